The first-order chi connectivity index (χ1) is 7.46. The van der Waals surface area contributed by atoms with Crippen molar-refractivity contribution < 1.29 is 0 Å². The quantitative estimate of drug-likeness (QED) is 0.884. The molecular weight excluding hydrogens is 260 g/mol. The smallest absolute Gasteiger partial charge is 0.157 e. The molecule has 88 valence electrons. The van der Waals surface area contributed by atoms with E-state index in [9.17, 15) is 0 Å². The lowest BCUT2D eigenvalue weighted by Gasteiger charge is -2.16. The van der Waals surface area contributed by atoms with Crippen LogP contribution in [0.1, 0.15) is 31.7 Å². The molecule has 16 heavy (non-hydrogen) atoms. The third-order valence-electron chi connectivity index (χ3n) is 2.33. The largest absolute Gasteiger partial charge is 0.359 e. The summed E-state index contributed by atoms with van der Waals surface area (Å²) in [6, 6.07) is 4.16. The number of halogens is 1. The van der Waals surface area contributed by atoms with E-state index in [2.05, 4.69) is 31.1 Å². The standard InChI is InChI=1S/C11H15ClN2S2/c1-7(8-4-5-9(12)16-8)13-10-14-11(2,3)6-15-10/h4-5,7H,6H2,1-3H3,(H,13,14). The fourth-order valence-electron chi connectivity index (χ4n) is 1.47. The van der Waals surface area contributed by atoms with Crippen molar-refractivity contribution >= 4 is 39.9 Å². The summed E-state index contributed by atoms with van der Waals surface area (Å²) in [6.45, 7) is 6.48. The van der Waals surface area contributed by atoms with Crippen molar-refractivity contribution in [3.8, 4) is 0 Å². The topological polar surface area (TPSA) is 24.4 Å². The summed E-state index contributed by atoms with van der Waals surface area (Å²) in [5.41, 5.74) is 0.163. The van der Waals surface area contributed by atoms with Crippen molar-refractivity contribution in [3.63, 3.8) is 0 Å². The van der Waals surface area contributed by atoms with Gasteiger partial charge in [0, 0.05) is 16.2 Å². The molecule has 0 aromatic carbocycles. The molecular formula is C11H15ClN2S2. The average molecular weight is 275 g/mol. The Balaban J connectivity index is 2.07. The SMILES string of the molecule is CC(N=C1NC(C)(C)CS1)c1ccc(Cl)s1. The Kier molecular flexibility index (Phi) is 3.52. The van der Waals surface area contributed by atoms with Crippen LogP contribution in [-0.4, -0.2) is 16.5 Å². The predicted molar refractivity (Wildman–Crippen MR) is 74.9 cm³/mol. The molecule has 5 heteroatoms. The molecule has 2 heterocycles. The van der Waals surface area contributed by atoms with Crippen LogP contribution in [0.5, 0.6) is 0 Å². The van der Waals surface area contributed by atoms with Gasteiger partial charge in [0.2, 0.25) is 0 Å². The van der Waals surface area contributed by atoms with Gasteiger partial charge in [-0.05, 0) is 32.9 Å². The van der Waals surface area contributed by atoms with Gasteiger partial charge in [0.1, 0.15) is 0 Å². The first-order valence-corrected chi connectivity index (χ1v) is 7.38. The van der Waals surface area contributed by atoms with Crippen molar-refractivity contribution in [2.75, 3.05) is 5.75 Å². The van der Waals surface area contributed by atoms with Crippen LogP contribution in [0, 0.1) is 0 Å². The molecule has 1 aliphatic rings. The third kappa shape index (κ3) is 2.93. The second-order valence-electron chi connectivity index (χ2n) is 4.55. The zero-order valence-electron chi connectivity index (χ0n) is 9.58. The highest BCUT2D eigenvalue weighted by atomic mass is 35.5. The lowest BCUT2D eigenvalue weighted by molar-refractivity contribution is 0.535. The third-order valence-corrected chi connectivity index (χ3v) is 5.08. The van der Waals surface area contributed by atoms with E-state index in [4.69, 9.17) is 11.6 Å². The van der Waals surface area contributed by atoms with Crippen molar-refractivity contribution in [1.29, 1.82) is 0 Å². The number of aliphatic imine (C=N–C) groups is 1. The lowest BCUT2D eigenvalue weighted by Crippen LogP contribution is -2.36. The van der Waals surface area contributed by atoms with E-state index < -0.39 is 0 Å². The molecule has 1 aromatic rings. The Morgan fingerprint density at radius 3 is 2.75 bits per heavy atom. The van der Waals surface area contributed by atoms with Gasteiger partial charge in [0.15, 0.2) is 5.17 Å². The van der Waals surface area contributed by atoms with Crippen molar-refractivity contribution in [3.05, 3.63) is 21.3 Å². The van der Waals surface area contributed by atoms with Crippen LogP contribution < -0.4 is 5.32 Å². The van der Waals surface area contributed by atoms with Gasteiger partial charge in [-0.15, -0.1) is 11.3 Å². The highest BCUT2D eigenvalue weighted by Crippen LogP contribution is 2.30. The maximum Gasteiger partial charge on any atom is 0.157 e. The molecule has 1 saturated heterocycles. The molecule has 1 aromatic heterocycles. The molecule has 1 N–H and O–H groups in total. The van der Waals surface area contributed by atoms with Crippen molar-refractivity contribution in [1.82, 2.24) is 5.32 Å². The first-order valence-electron chi connectivity index (χ1n) is 5.20. The maximum atomic E-state index is 5.92. The van der Waals surface area contributed by atoms with Gasteiger partial charge < -0.3 is 5.32 Å². The molecule has 0 aliphatic carbocycles. The second-order valence-corrected chi connectivity index (χ2v) is 7.26. The van der Waals surface area contributed by atoms with Crippen molar-refractivity contribution in [2.45, 2.75) is 32.4 Å². The summed E-state index contributed by atoms with van der Waals surface area (Å²) >= 11 is 9.31. The summed E-state index contributed by atoms with van der Waals surface area (Å²) in [5, 5.41) is 4.47. The summed E-state index contributed by atoms with van der Waals surface area (Å²) < 4.78 is 0.828. The lowest BCUT2D eigenvalue weighted by atomic mass is 10.1. The van der Waals surface area contributed by atoms with Crippen LogP contribution in [0.4, 0.5) is 0 Å². The Hall–Kier alpha value is -0.190. The van der Waals surface area contributed by atoms with Crippen LogP contribution in [0.15, 0.2) is 17.1 Å². The molecule has 1 fully saturated rings. The number of amidine groups is 1. The van der Waals surface area contributed by atoms with Crippen LogP contribution in [-0.2, 0) is 0 Å². The Morgan fingerprint density at radius 1 is 1.50 bits per heavy atom. The number of nitrogens with one attached hydrogen (secondary N) is 1. The average Bonchev–Trinajstić information content (AvgIpc) is 2.73. The predicted octanol–water partition coefficient (Wildman–Crippen LogP) is 3.93. The second kappa shape index (κ2) is 4.59. The summed E-state index contributed by atoms with van der Waals surface area (Å²) in [6.07, 6.45) is 0. The number of hydrogen-bond acceptors (Lipinski definition) is 3. The molecule has 0 bridgehead atoms. The maximum absolute atomic E-state index is 5.92. The van der Waals surface area contributed by atoms with E-state index in [1.165, 1.54) is 4.88 Å². The van der Waals surface area contributed by atoms with Gasteiger partial charge in [0.05, 0.1) is 10.4 Å². The van der Waals surface area contributed by atoms with E-state index in [0.29, 0.717) is 0 Å². The Morgan fingerprint density at radius 2 is 2.25 bits per heavy atom. The van der Waals surface area contributed by atoms with Gasteiger partial charge in [-0.1, -0.05) is 23.4 Å². The first kappa shape index (κ1) is 12.3. The molecule has 0 radical (unpaired) electrons. The van der Waals surface area contributed by atoms with Gasteiger partial charge >= 0.3 is 0 Å². The number of nitrogens with zero attached hydrogens (tertiary/aromatic N) is 1. The molecule has 0 spiro atoms. The summed E-state index contributed by atoms with van der Waals surface area (Å²) in [4.78, 5) is 5.89. The van der Waals surface area contributed by atoms with E-state index in [0.717, 1.165) is 15.3 Å². The van der Waals surface area contributed by atoms with Crippen LogP contribution in [0.3, 0.4) is 0 Å². The van der Waals surface area contributed by atoms with E-state index in [1.54, 1.807) is 23.1 Å². The molecule has 0 amide bonds. The Labute approximate surface area is 109 Å². The van der Waals surface area contributed by atoms with E-state index in [-0.39, 0.29) is 11.6 Å². The zero-order chi connectivity index (χ0) is 11.8. The highest BCUT2D eigenvalue weighted by molar-refractivity contribution is 8.14. The fourth-order valence-corrected chi connectivity index (χ4v) is 3.67. The number of rotatable bonds is 2. The molecule has 1 atom stereocenters. The number of thiophene rings is 1. The number of hydrogen-bond donors (Lipinski definition) is 1. The minimum atomic E-state index is 0.163. The van der Waals surface area contributed by atoms with Crippen LogP contribution >= 0.6 is 34.7 Å². The normalized spacial score (nSPS) is 23.4. The van der Waals surface area contributed by atoms with Crippen LogP contribution in [0.2, 0.25) is 4.34 Å². The summed E-state index contributed by atoms with van der Waals surface area (Å²) in [7, 11) is 0. The minimum absolute atomic E-state index is 0.163. The zero-order valence-corrected chi connectivity index (χ0v) is 12.0. The molecule has 2 nitrogen and oxygen atoms in total. The molecule has 1 unspecified atom stereocenters. The molecule has 2 rings (SSSR count). The Bertz CT molecular complexity index is 412. The molecule has 0 saturated carbocycles. The number of thioether (sulfide) groups is 1. The van der Waals surface area contributed by atoms with Gasteiger partial charge in [-0.25, -0.2) is 0 Å². The fraction of sp³-hybridized carbons (Fsp3) is 0.545. The molecule has 1 aliphatic heterocycles. The minimum Gasteiger partial charge on any atom is -0.359 e. The van der Waals surface area contributed by atoms with Gasteiger partial charge in [-0.3, -0.25) is 4.99 Å². The van der Waals surface area contributed by atoms with E-state index >= 15 is 0 Å². The van der Waals surface area contributed by atoms with Gasteiger partial charge in [-0.2, -0.15) is 0 Å². The van der Waals surface area contributed by atoms with Crippen LogP contribution in [0.25, 0.3) is 0 Å². The highest BCUT2D eigenvalue weighted by Gasteiger charge is 2.27. The van der Waals surface area contributed by atoms with Crippen molar-refractivity contribution in [2.24, 2.45) is 4.99 Å². The van der Waals surface area contributed by atoms with E-state index in [1.807, 2.05) is 12.1 Å². The summed E-state index contributed by atoms with van der Waals surface area (Å²) in [5.74, 6) is 1.07. The monoisotopic (exact) mass is 274 g/mol. The van der Waals surface area contributed by atoms with Gasteiger partial charge in [0.25, 0.3) is 0 Å².